The first-order chi connectivity index (χ1) is 4.92. The van der Waals surface area contributed by atoms with Crippen LogP contribution in [0.25, 0.3) is 12.2 Å². The summed E-state index contributed by atoms with van der Waals surface area (Å²) in [4.78, 5) is 0. The van der Waals surface area contributed by atoms with Crippen LogP contribution in [-0.4, -0.2) is 0 Å². The molecule has 1 aromatic carbocycles. The quantitative estimate of drug-likeness (QED) is 0.556. The van der Waals surface area contributed by atoms with E-state index in [9.17, 15) is 0 Å². The second-order valence-corrected chi connectivity index (χ2v) is 2.61. The van der Waals surface area contributed by atoms with Gasteiger partial charge in [-0.25, -0.2) is 0 Å². The molecule has 0 saturated heterocycles. The maximum atomic E-state index is 2.20. The summed E-state index contributed by atoms with van der Waals surface area (Å²) in [6.45, 7) is 2.20. The average molecular weight is 130 g/mol. The third-order valence-electron chi connectivity index (χ3n) is 2.04. The van der Waals surface area contributed by atoms with Crippen molar-refractivity contribution >= 4 is 12.2 Å². The summed E-state index contributed by atoms with van der Waals surface area (Å²) >= 11 is 0. The Hall–Kier alpha value is -1.04. The van der Waals surface area contributed by atoms with Gasteiger partial charge in [0.25, 0.3) is 0 Å². The Balaban J connectivity index is 2.55. The Morgan fingerprint density at radius 1 is 1.20 bits per heavy atom. The van der Waals surface area contributed by atoms with Gasteiger partial charge in [0.15, 0.2) is 0 Å². The molecule has 0 atom stereocenters. The fourth-order valence-corrected chi connectivity index (χ4v) is 1.37. The first-order valence-corrected chi connectivity index (χ1v) is 3.72. The maximum Gasteiger partial charge on any atom is -0.0152 e. The predicted octanol–water partition coefficient (Wildman–Crippen LogP) is 2.73. The van der Waals surface area contributed by atoms with Crippen LogP contribution < -0.4 is 0 Å². The summed E-state index contributed by atoms with van der Waals surface area (Å²) in [6, 6.07) is 6.48. The van der Waals surface area contributed by atoms with Crippen LogP contribution in [0.2, 0.25) is 0 Å². The fourth-order valence-electron chi connectivity index (χ4n) is 1.37. The highest BCUT2D eigenvalue weighted by atomic mass is 14.1. The number of rotatable bonds is 1. The molecule has 1 aliphatic carbocycles. The Labute approximate surface area is 61.2 Å². The van der Waals surface area contributed by atoms with E-state index in [4.69, 9.17) is 0 Å². The zero-order valence-corrected chi connectivity index (χ0v) is 6.09. The van der Waals surface area contributed by atoms with Gasteiger partial charge in [-0.05, 0) is 23.1 Å². The Kier molecular flexibility index (Phi) is 1.13. The summed E-state index contributed by atoms with van der Waals surface area (Å²) in [6.07, 6.45) is 5.50. The Morgan fingerprint density at radius 3 is 2.60 bits per heavy atom. The lowest BCUT2D eigenvalue weighted by Gasteiger charge is -2.13. The molecule has 0 spiro atoms. The SMILES string of the molecule is CCc1cccc2c1C=C2. The lowest BCUT2D eigenvalue weighted by Crippen LogP contribution is -1.94. The lowest BCUT2D eigenvalue weighted by atomic mass is 9.92. The van der Waals surface area contributed by atoms with Crippen molar-refractivity contribution in [3.63, 3.8) is 0 Å². The van der Waals surface area contributed by atoms with Crippen LogP contribution in [0.4, 0.5) is 0 Å². The van der Waals surface area contributed by atoms with Crippen molar-refractivity contribution in [1.29, 1.82) is 0 Å². The van der Waals surface area contributed by atoms with E-state index >= 15 is 0 Å². The van der Waals surface area contributed by atoms with Gasteiger partial charge in [-0.2, -0.15) is 0 Å². The molecule has 0 radical (unpaired) electrons. The van der Waals surface area contributed by atoms with Gasteiger partial charge in [0, 0.05) is 0 Å². The van der Waals surface area contributed by atoms with Gasteiger partial charge in [-0.1, -0.05) is 37.3 Å². The van der Waals surface area contributed by atoms with Crippen LogP contribution in [0.15, 0.2) is 18.2 Å². The standard InChI is InChI=1S/C10H10/c1-2-8-4-3-5-9-6-7-10(8)9/h3-7H,2H2,1H3. The Bertz CT molecular complexity index is 282. The first kappa shape index (κ1) is 5.72. The summed E-state index contributed by atoms with van der Waals surface area (Å²) in [5.41, 5.74) is 4.32. The van der Waals surface area contributed by atoms with Gasteiger partial charge in [-0.15, -0.1) is 0 Å². The number of fused-ring (bicyclic) bond motifs is 1. The lowest BCUT2D eigenvalue weighted by molar-refractivity contribution is 1.13. The zero-order valence-electron chi connectivity index (χ0n) is 6.09. The minimum absolute atomic E-state index is 1.15. The highest BCUT2D eigenvalue weighted by molar-refractivity contribution is 5.87. The molecule has 2 rings (SSSR count). The number of hydrogen-bond acceptors (Lipinski definition) is 0. The van der Waals surface area contributed by atoms with Crippen molar-refractivity contribution in [2.45, 2.75) is 13.3 Å². The molecule has 1 aliphatic rings. The summed E-state index contributed by atoms with van der Waals surface area (Å²) in [5, 5.41) is 0. The van der Waals surface area contributed by atoms with Crippen LogP contribution in [-0.2, 0) is 6.42 Å². The second-order valence-electron chi connectivity index (χ2n) is 2.61. The van der Waals surface area contributed by atoms with Crippen molar-refractivity contribution in [2.75, 3.05) is 0 Å². The number of benzene rings is 1. The van der Waals surface area contributed by atoms with E-state index in [0.29, 0.717) is 0 Å². The van der Waals surface area contributed by atoms with Crippen molar-refractivity contribution in [3.8, 4) is 0 Å². The van der Waals surface area contributed by atoms with Crippen molar-refractivity contribution in [1.82, 2.24) is 0 Å². The van der Waals surface area contributed by atoms with Crippen molar-refractivity contribution in [2.24, 2.45) is 0 Å². The zero-order chi connectivity index (χ0) is 6.97. The van der Waals surface area contributed by atoms with E-state index in [2.05, 4.69) is 37.3 Å². The third-order valence-corrected chi connectivity index (χ3v) is 2.04. The molecule has 0 nitrogen and oxygen atoms in total. The number of aryl methyl sites for hydroxylation is 1. The highest BCUT2D eigenvalue weighted by Gasteiger charge is 2.07. The number of hydrogen-bond donors (Lipinski definition) is 0. The smallest absolute Gasteiger partial charge is 0.0152 e. The normalized spacial score (nSPS) is 12.5. The summed E-state index contributed by atoms with van der Waals surface area (Å²) in [7, 11) is 0. The monoisotopic (exact) mass is 130 g/mol. The van der Waals surface area contributed by atoms with E-state index in [1.165, 1.54) is 16.7 Å². The van der Waals surface area contributed by atoms with E-state index in [1.807, 2.05) is 0 Å². The van der Waals surface area contributed by atoms with Crippen LogP contribution >= 0.6 is 0 Å². The van der Waals surface area contributed by atoms with E-state index in [1.54, 1.807) is 0 Å². The van der Waals surface area contributed by atoms with Crippen LogP contribution in [0, 0.1) is 0 Å². The molecule has 0 fully saturated rings. The highest BCUT2D eigenvalue weighted by Crippen LogP contribution is 2.26. The molecule has 0 amide bonds. The van der Waals surface area contributed by atoms with E-state index in [0.717, 1.165) is 6.42 Å². The molecule has 0 N–H and O–H groups in total. The summed E-state index contributed by atoms with van der Waals surface area (Å²) in [5.74, 6) is 0. The molecule has 0 aromatic heterocycles. The van der Waals surface area contributed by atoms with E-state index < -0.39 is 0 Å². The second kappa shape index (κ2) is 1.98. The van der Waals surface area contributed by atoms with Gasteiger partial charge in [0.1, 0.15) is 0 Å². The topological polar surface area (TPSA) is 0 Å². The Morgan fingerprint density at radius 2 is 2.10 bits per heavy atom. The molecule has 0 bridgehead atoms. The summed E-state index contributed by atoms with van der Waals surface area (Å²) < 4.78 is 0. The molecule has 0 heterocycles. The van der Waals surface area contributed by atoms with E-state index in [-0.39, 0.29) is 0 Å². The van der Waals surface area contributed by atoms with Gasteiger partial charge < -0.3 is 0 Å². The van der Waals surface area contributed by atoms with Crippen LogP contribution in [0.1, 0.15) is 23.6 Å². The molecule has 0 heteroatoms. The largest absolute Gasteiger partial charge is 0.0614 e. The molecular formula is C10H10. The van der Waals surface area contributed by atoms with Gasteiger partial charge in [-0.3, -0.25) is 0 Å². The van der Waals surface area contributed by atoms with Crippen LogP contribution in [0.5, 0.6) is 0 Å². The predicted molar refractivity (Wildman–Crippen MR) is 44.7 cm³/mol. The maximum absolute atomic E-state index is 2.20. The molecule has 0 saturated carbocycles. The molecule has 0 aliphatic heterocycles. The minimum atomic E-state index is 1.15. The molecule has 10 heavy (non-hydrogen) atoms. The van der Waals surface area contributed by atoms with Gasteiger partial charge in [0.2, 0.25) is 0 Å². The van der Waals surface area contributed by atoms with Crippen molar-refractivity contribution in [3.05, 3.63) is 34.9 Å². The molecule has 1 aromatic rings. The minimum Gasteiger partial charge on any atom is -0.0614 e. The van der Waals surface area contributed by atoms with Crippen molar-refractivity contribution < 1.29 is 0 Å². The van der Waals surface area contributed by atoms with Gasteiger partial charge >= 0.3 is 0 Å². The van der Waals surface area contributed by atoms with Crippen LogP contribution in [0.3, 0.4) is 0 Å². The first-order valence-electron chi connectivity index (χ1n) is 3.72. The molecular weight excluding hydrogens is 120 g/mol. The average Bonchev–Trinajstić information content (AvgIpc) is 1.91. The third kappa shape index (κ3) is 0.621. The molecule has 50 valence electrons. The van der Waals surface area contributed by atoms with Gasteiger partial charge in [0.05, 0.1) is 0 Å². The fraction of sp³-hybridized carbons (Fsp3) is 0.200. The molecule has 0 unspecified atom stereocenters.